The Balaban J connectivity index is 2.58. The minimum atomic E-state index is -0.490. The third-order valence-electron chi connectivity index (χ3n) is 2.89. The average molecular weight is 265 g/mol. The van der Waals surface area contributed by atoms with Gasteiger partial charge in [0, 0.05) is 12.6 Å². The van der Waals surface area contributed by atoms with E-state index in [-0.39, 0.29) is 5.41 Å². The summed E-state index contributed by atoms with van der Waals surface area (Å²) < 4.78 is 5.77. The molecule has 0 bridgehead atoms. The van der Waals surface area contributed by atoms with Gasteiger partial charge in [0.1, 0.15) is 18.5 Å². The molecule has 0 heterocycles. The molecular formula is C16H27NO2. The maximum Gasteiger partial charge on any atom is 0.123 e. The van der Waals surface area contributed by atoms with Crippen LogP contribution in [-0.2, 0) is 5.41 Å². The van der Waals surface area contributed by atoms with Gasteiger partial charge in [-0.3, -0.25) is 0 Å². The molecule has 0 amide bonds. The fraction of sp³-hybridized carbons (Fsp3) is 0.625. The van der Waals surface area contributed by atoms with Crippen LogP contribution in [0.15, 0.2) is 24.3 Å². The van der Waals surface area contributed by atoms with Crippen LogP contribution in [0.4, 0.5) is 0 Å². The number of para-hydroxylation sites is 1. The molecule has 1 aromatic carbocycles. The summed E-state index contributed by atoms with van der Waals surface area (Å²) in [6, 6.07) is 8.39. The van der Waals surface area contributed by atoms with E-state index < -0.39 is 6.10 Å². The highest BCUT2D eigenvalue weighted by molar-refractivity contribution is 5.38. The lowest BCUT2D eigenvalue weighted by Crippen LogP contribution is -2.35. The Morgan fingerprint density at radius 3 is 2.42 bits per heavy atom. The molecule has 3 heteroatoms. The van der Waals surface area contributed by atoms with E-state index in [2.05, 4.69) is 46.0 Å². The van der Waals surface area contributed by atoms with Gasteiger partial charge in [-0.25, -0.2) is 0 Å². The zero-order valence-electron chi connectivity index (χ0n) is 12.7. The van der Waals surface area contributed by atoms with Crippen molar-refractivity contribution in [2.24, 2.45) is 0 Å². The lowest BCUT2D eigenvalue weighted by atomic mass is 9.86. The third-order valence-corrected chi connectivity index (χ3v) is 2.89. The molecule has 0 aliphatic carbocycles. The van der Waals surface area contributed by atoms with Gasteiger partial charge >= 0.3 is 0 Å². The van der Waals surface area contributed by atoms with E-state index in [1.54, 1.807) is 0 Å². The Hall–Kier alpha value is -1.06. The number of nitrogens with one attached hydrogen (secondary N) is 1. The first-order valence-corrected chi connectivity index (χ1v) is 6.94. The molecule has 0 spiro atoms. The number of ether oxygens (including phenoxy) is 1. The van der Waals surface area contributed by atoms with Crippen molar-refractivity contribution in [1.82, 2.24) is 5.32 Å². The van der Waals surface area contributed by atoms with Gasteiger partial charge in [0.15, 0.2) is 0 Å². The molecule has 1 rings (SSSR count). The Morgan fingerprint density at radius 1 is 1.21 bits per heavy atom. The minimum absolute atomic E-state index is 0.0394. The lowest BCUT2D eigenvalue weighted by Gasteiger charge is -2.23. The Labute approximate surface area is 117 Å². The molecule has 0 saturated carbocycles. The van der Waals surface area contributed by atoms with E-state index in [1.807, 2.05) is 18.2 Å². The summed E-state index contributed by atoms with van der Waals surface area (Å²) in [5, 5.41) is 13.1. The van der Waals surface area contributed by atoms with E-state index in [0.29, 0.717) is 19.2 Å². The van der Waals surface area contributed by atoms with Crippen LogP contribution >= 0.6 is 0 Å². The second kappa shape index (κ2) is 6.92. The summed E-state index contributed by atoms with van der Waals surface area (Å²) in [6.45, 7) is 11.5. The fourth-order valence-corrected chi connectivity index (χ4v) is 1.83. The van der Waals surface area contributed by atoms with Gasteiger partial charge in [0.25, 0.3) is 0 Å². The second-order valence-corrected chi connectivity index (χ2v) is 6.27. The summed E-state index contributed by atoms with van der Waals surface area (Å²) in [5.41, 5.74) is 1.21. The molecule has 0 fully saturated rings. The molecule has 1 unspecified atom stereocenters. The van der Waals surface area contributed by atoms with Crippen molar-refractivity contribution in [2.75, 3.05) is 13.2 Å². The van der Waals surface area contributed by atoms with Gasteiger partial charge in [-0.2, -0.15) is 0 Å². The molecule has 1 atom stereocenters. The normalized spacial score (nSPS) is 13.6. The fourth-order valence-electron chi connectivity index (χ4n) is 1.83. The van der Waals surface area contributed by atoms with Gasteiger partial charge in [-0.15, -0.1) is 0 Å². The molecule has 19 heavy (non-hydrogen) atoms. The van der Waals surface area contributed by atoms with Gasteiger partial charge in [-0.1, -0.05) is 52.8 Å². The average Bonchev–Trinajstić information content (AvgIpc) is 2.33. The van der Waals surface area contributed by atoms with Gasteiger partial charge in [0.2, 0.25) is 0 Å². The van der Waals surface area contributed by atoms with Crippen molar-refractivity contribution in [3.05, 3.63) is 29.8 Å². The largest absolute Gasteiger partial charge is 0.491 e. The maximum atomic E-state index is 9.87. The van der Waals surface area contributed by atoms with Crippen LogP contribution in [0.5, 0.6) is 5.75 Å². The maximum absolute atomic E-state index is 9.87. The molecule has 0 aromatic heterocycles. The number of rotatable bonds is 6. The number of hydrogen-bond donors (Lipinski definition) is 2. The monoisotopic (exact) mass is 265 g/mol. The molecule has 0 radical (unpaired) electrons. The van der Waals surface area contributed by atoms with E-state index in [9.17, 15) is 5.11 Å². The molecule has 108 valence electrons. The number of benzene rings is 1. The van der Waals surface area contributed by atoms with Crippen LogP contribution in [0.25, 0.3) is 0 Å². The first kappa shape index (κ1) is 16.0. The molecule has 2 N–H and O–H groups in total. The quantitative estimate of drug-likeness (QED) is 0.831. The Morgan fingerprint density at radius 2 is 1.84 bits per heavy atom. The highest BCUT2D eigenvalue weighted by atomic mass is 16.5. The van der Waals surface area contributed by atoms with Crippen molar-refractivity contribution in [2.45, 2.75) is 52.2 Å². The summed E-state index contributed by atoms with van der Waals surface area (Å²) in [6.07, 6.45) is -0.490. The first-order chi connectivity index (χ1) is 8.80. The van der Waals surface area contributed by atoms with Crippen LogP contribution in [0.1, 0.15) is 40.2 Å². The summed E-state index contributed by atoms with van der Waals surface area (Å²) in [4.78, 5) is 0. The number of aliphatic hydroxyl groups is 1. The summed E-state index contributed by atoms with van der Waals surface area (Å²) >= 11 is 0. The Kier molecular flexibility index (Phi) is 5.83. The Bertz CT molecular complexity index is 383. The van der Waals surface area contributed by atoms with Crippen molar-refractivity contribution in [1.29, 1.82) is 0 Å². The zero-order valence-corrected chi connectivity index (χ0v) is 12.7. The standard InChI is InChI=1S/C16H27NO2/c1-12(2)17-10-13(18)11-19-15-9-7-6-8-14(15)16(3,4)5/h6-9,12-13,17-18H,10-11H2,1-5H3. The van der Waals surface area contributed by atoms with Crippen molar-refractivity contribution in [3.8, 4) is 5.75 Å². The van der Waals surface area contributed by atoms with Crippen molar-refractivity contribution in [3.63, 3.8) is 0 Å². The van der Waals surface area contributed by atoms with E-state index in [0.717, 1.165) is 5.75 Å². The smallest absolute Gasteiger partial charge is 0.123 e. The van der Waals surface area contributed by atoms with E-state index in [1.165, 1.54) is 5.56 Å². The molecule has 0 aliphatic rings. The van der Waals surface area contributed by atoms with Gasteiger partial charge < -0.3 is 15.2 Å². The highest BCUT2D eigenvalue weighted by Gasteiger charge is 2.18. The second-order valence-electron chi connectivity index (χ2n) is 6.27. The van der Waals surface area contributed by atoms with Gasteiger partial charge in [0.05, 0.1) is 0 Å². The predicted molar refractivity (Wildman–Crippen MR) is 79.8 cm³/mol. The summed E-state index contributed by atoms with van der Waals surface area (Å²) in [5.74, 6) is 0.860. The lowest BCUT2D eigenvalue weighted by molar-refractivity contribution is 0.103. The van der Waals surface area contributed by atoms with E-state index >= 15 is 0 Å². The topological polar surface area (TPSA) is 41.5 Å². The zero-order chi connectivity index (χ0) is 14.5. The number of hydrogen-bond acceptors (Lipinski definition) is 3. The van der Waals surface area contributed by atoms with Gasteiger partial charge in [-0.05, 0) is 17.0 Å². The summed E-state index contributed by atoms with van der Waals surface area (Å²) in [7, 11) is 0. The predicted octanol–water partition coefficient (Wildman–Crippen LogP) is 2.72. The molecule has 1 aromatic rings. The number of aliphatic hydroxyl groups excluding tert-OH is 1. The molecule has 0 saturated heterocycles. The van der Waals surface area contributed by atoms with Crippen molar-refractivity contribution >= 4 is 0 Å². The highest BCUT2D eigenvalue weighted by Crippen LogP contribution is 2.30. The van der Waals surface area contributed by atoms with Crippen LogP contribution < -0.4 is 10.1 Å². The molecular weight excluding hydrogens is 238 g/mol. The van der Waals surface area contributed by atoms with Crippen LogP contribution in [0.2, 0.25) is 0 Å². The minimum Gasteiger partial charge on any atom is -0.491 e. The van der Waals surface area contributed by atoms with Crippen LogP contribution in [-0.4, -0.2) is 30.4 Å². The van der Waals surface area contributed by atoms with Crippen LogP contribution in [0.3, 0.4) is 0 Å². The first-order valence-electron chi connectivity index (χ1n) is 6.94. The molecule has 0 aliphatic heterocycles. The third kappa shape index (κ3) is 5.62. The SMILES string of the molecule is CC(C)NCC(O)COc1ccccc1C(C)(C)C. The molecule has 3 nitrogen and oxygen atoms in total. The van der Waals surface area contributed by atoms with Crippen LogP contribution in [0, 0.1) is 0 Å². The van der Waals surface area contributed by atoms with E-state index in [4.69, 9.17) is 4.74 Å². The van der Waals surface area contributed by atoms with Crippen molar-refractivity contribution < 1.29 is 9.84 Å².